The molecule has 0 bridgehead atoms. The van der Waals surface area contributed by atoms with Crippen LogP contribution in [-0.4, -0.2) is 21.4 Å². The molecule has 0 aliphatic carbocycles. The van der Waals surface area contributed by atoms with E-state index in [9.17, 15) is 10.2 Å². The normalized spacial score (nSPS) is 12.7. The fourth-order valence-corrected chi connectivity index (χ4v) is 1.20. The number of nitrogens with two attached hydrogens (primary N) is 1. The van der Waals surface area contributed by atoms with E-state index in [1.165, 1.54) is 6.07 Å². The third kappa shape index (κ3) is 2.29. The lowest BCUT2D eigenvalue weighted by Gasteiger charge is -2.08. The molecule has 0 spiro atoms. The van der Waals surface area contributed by atoms with Crippen molar-refractivity contribution in [3.05, 3.63) is 17.7 Å². The first-order valence-corrected chi connectivity index (χ1v) is 4.50. The van der Waals surface area contributed by atoms with E-state index in [-0.39, 0.29) is 17.5 Å². The van der Waals surface area contributed by atoms with Crippen molar-refractivity contribution < 1.29 is 15.3 Å². The monoisotopic (exact) mass is 197 g/mol. The zero-order valence-electron chi connectivity index (χ0n) is 8.07. The average Bonchev–Trinajstić information content (AvgIpc) is 2.13. The highest BCUT2D eigenvalue weighted by atomic mass is 16.3. The molecule has 0 aliphatic rings. The molecule has 0 heterocycles. The second-order valence-corrected chi connectivity index (χ2v) is 3.46. The lowest BCUT2D eigenvalue weighted by molar-refractivity contribution is 0.364. The first-order chi connectivity index (χ1) is 6.52. The minimum absolute atomic E-state index is 0.0466. The fraction of sp³-hybridized carbons (Fsp3) is 0.400. The van der Waals surface area contributed by atoms with Crippen molar-refractivity contribution in [1.82, 2.24) is 0 Å². The molecule has 0 fully saturated rings. The Morgan fingerprint density at radius 2 is 1.86 bits per heavy atom. The van der Waals surface area contributed by atoms with Crippen LogP contribution in [-0.2, 0) is 6.42 Å². The highest BCUT2D eigenvalue weighted by Crippen LogP contribution is 2.37. The summed E-state index contributed by atoms with van der Waals surface area (Å²) >= 11 is 0. The van der Waals surface area contributed by atoms with E-state index in [0.29, 0.717) is 12.0 Å². The lowest BCUT2D eigenvalue weighted by Crippen LogP contribution is -2.15. The van der Waals surface area contributed by atoms with Gasteiger partial charge in [0.05, 0.1) is 0 Å². The van der Waals surface area contributed by atoms with Crippen LogP contribution in [0.15, 0.2) is 12.1 Å². The highest BCUT2D eigenvalue weighted by Gasteiger charge is 2.10. The van der Waals surface area contributed by atoms with Crippen LogP contribution in [0.1, 0.15) is 18.9 Å². The fourth-order valence-electron chi connectivity index (χ4n) is 1.20. The number of rotatable bonds is 3. The standard InChI is InChI=1S/C10H15NO3/c1-6(11)2-3-7-4-5-8(12)10(14)9(7)13/h4-6,12-14H,2-3,11H2,1H3/t6-/m0/s1. The molecule has 0 aromatic heterocycles. The molecule has 4 heteroatoms. The average molecular weight is 197 g/mol. The van der Waals surface area contributed by atoms with Crippen molar-refractivity contribution in [1.29, 1.82) is 0 Å². The van der Waals surface area contributed by atoms with E-state index in [2.05, 4.69) is 0 Å². The number of hydrogen-bond donors (Lipinski definition) is 4. The van der Waals surface area contributed by atoms with Gasteiger partial charge in [0, 0.05) is 6.04 Å². The maximum Gasteiger partial charge on any atom is 0.200 e. The third-order valence-electron chi connectivity index (χ3n) is 2.08. The molecule has 0 amide bonds. The van der Waals surface area contributed by atoms with Crippen LogP contribution in [0.3, 0.4) is 0 Å². The van der Waals surface area contributed by atoms with Crippen LogP contribution in [0.5, 0.6) is 17.2 Å². The van der Waals surface area contributed by atoms with Gasteiger partial charge >= 0.3 is 0 Å². The molecular weight excluding hydrogens is 182 g/mol. The first kappa shape index (κ1) is 10.7. The molecule has 0 radical (unpaired) electrons. The highest BCUT2D eigenvalue weighted by molar-refractivity contribution is 5.53. The van der Waals surface area contributed by atoms with Gasteiger partial charge in [0.25, 0.3) is 0 Å². The van der Waals surface area contributed by atoms with E-state index < -0.39 is 5.75 Å². The number of benzene rings is 1. The van der Waals surface area contributed by atoms with Crippen LogP contribution < -0.4 is 5.73 Å². The molecule has 1 aromatic rings. The summed E-state index contributed by atoms with van der Waals surface area (Å²) in [4.78, 5) is 0. The van der Waals surface area contributed by atoms with Gasteiger partial charge in [-0.25, -0.2) is 0 Å². The second-order valence-electron chi connectivity index (χ2n) is 3.46. The van der Waals surface area contributed by atoms with E-state index in [1.54, 1.807) is 6.07 Å². The summed E-state index contributed by atoms with van der Waals surface area (Å²) in [6, 6.07) is 2.98. The maximum absolute atomic E-state index is 9.44. The molecule has 1 rings (SSSR count). The molecular formula is C10H15NO3. The van der Waals surface area contributed by atoms with Crippen LogP contribution in [0.25, 0.3) is 0 Å². The minimum Gasteiger partial charge on any atom is -0.504 e. The number of phenolic OH excluding ortho intramolecular Hbond substituents is 3. The van der Waals surface area contributed by atoms with Gasteiger partial charge < -0.3 is 21.1 Å². The van der Waals surface area contributed by atoms with Gasteiger partial charge in [-0.05, 0) is 31.4 Å². The van der Waals surface area contributed by atoms with Crippen LogP contribution in [0, 0.1) is 0 Å². The Morgan fingerprint density at radius 3 is 2.43 bits per heavy atom. The van der Waals surface area contributed by atoms with Crippen LogP contribution >= 0.6 is 0 Å². The molecule has 5 N–H and O–H groups in total. The minimum atomic E-state index is -0.466. The topological polar surface area (TPSA) is 86.7 Å². The Morgan fingerprint density at radius 1 is 1.21 bits per heavy atom. The Labute approximate surface area is 82.6 Å². The Kier molecular flexibility index (Phi) is 3.19. The van der Waals surface area contributed by atoms with Crippen LogP contribution in [0.4, 0.5) is 0 Å². The number of aryl methyl sites for hydroxylation is 1. The lowest BCUT2D eigenvalue weighted by atomic mass is 10.0. The Hall–Kier alpha value is -1.42. The second kappa shape index (κ2) is 4.19. The Balaban J connectivity index is 2.83. The summed E-state index contributed by atoms with van der Waals surface area (Å²) < 4.78 is 0. The predicted molar refractivity (Wildman–Crippen MR) is 53.4 cm³/mol. The van der Waals surface area contributed by atoms with Gasteiger partial charge in [-0.15, -0.1) is 0 Å². The summed E-state index contributed by atoms with van der Waals surface area (Å²) in [5, 5.41) is 27.7. The van der Waals surface area contributed by atoms with Gasteiger partial charge in [0.2, 0.25) is 5.75 Å². The van der Waals surface area contributed by atoms with Gasteiger partial charge in [-0.1, -0.05) is 6.07 Å². The van der Waals surface area contributed by atoms with Gasteiger partial charge in [0.1, 0.15) is 0 Å². The van der Waals surface area contributed by atoms with Crippen molar-refractivity contribution in [3.8, 4) is 17.2 Å². The zero-order chi connectivity index (χ0) is 10.7. The predicted octanol–water partition coefficient (Wildman–Crippen LogP) is 1.08. The smallest absolute Gasteiger partial charge is 0.200 e. The molecule has 4 nitrogen and oxygen atoms in total. The third-order valence-corrected chi connectivity index (χ3v) is 2.08. The van der Waals surface area contributed by atoms with Crippen molar-refractivity contribution in [3.63, 3.8) is 0 Å². The van der Waals surface area contributed by atoms with Gasteiger partial charge in [0.15, 0.2) is 11.5 Å². The summed E-state index contributed by atoms with van der Waals surface area (Å²) in [5.74, 6) is -1.04. The maximum atomic E-state index is 9.44. The van der Waals surface area contributed by atoms with Gasteiger partial charge in [-0.2, -0.15) is 0 Å². The number of hydrogen-bond acceptors (Lipinski definition) is 4. The first-order valence-electron chi connectivity index (χ1n) is 4.50. The number of phenols is 3. The summed E-state index contributed by atoms with van der Waals surface area (Å²) in [5.41, 5.74) is 6.16. The van der Waals surface area contributed by atoms with E-state index in [4.69, 9.17) is 10.8 Å². The largest absolute Gasteiger partial charge is 0.504 e. The molecule has 14 heavy (non-hydrogen) atoms. The molecule has 0 unspecified atom stereocenters. The van der Waals surface area contributed by atoms with Gasteiger partial charge in [-0.3, -0.25) is 0 Å². The molecule has 78 valence electrons. The van der Waals surface area contributed by atoms with Crippen molar-refractivity contribution in [2.24, 2.45) is 5.73 Å². The molecule has 0 aliphatic heterocycles. The zero-order valence-corrected chi connectivity index (χ0v) is 8.07. The number of aromatic hydroxyl groups is 3. The molecule has 1 aromatic carbocycles. The van der Waals surface area contributed by atoms with E-state index in [0.717, 1.165) is 6.42 Å². The SMILES string of the molecule is C[C@H](N)CCc1ccc(O)c(O)c1O. The summed E-state index contributed by atoms with van der Waals surface area (Å²) in [6.45, 7) is 1.87. The molecule has 0 saturated heterocycles. The van der Waals surface area contributed by atoms with Crippen LogP contribution in [0.2, 0.25) is 0 Å². The quantitative estimate of drug-likeness (QED) is 0.546. The Bertz CT molecular complexity index is 323. The molecule has 1 atom stereocenters. The van der Waals surface area contributed by atoms with Crippen molar-refractivity contribution in [2.75, 3.05) is 0 Å². The van der Waals surface area contributed by atoms with Crippen molar-refractivity contribution in [2.45, 2.75) is 25.8 Å². The van der Waals surface area contributed by atoms with E-state index >= 15 is 0 Å². The molecule has 0 saturated carbocycles. The van der Waals surface area contributed by atoms with E-state index in [1.807, 2.05) is 6.92 Å². The summed E-state index contributed by atoms with van der Waals surface area (Å²) in [7, 11) is 0. The van der Waals surface area contributed by atoms with Crippen molar-refractivity contribution >= 4 is 0 Å². The summed E-state index contributed by atoms with van der Waals surface area (Å²) in [6.07, 6.45) is 1.30.